The monoisotopic (exact) mass is 366 g/mol. The fourth-order valence-electron chi connectivity index (χ4n) is 4.10. The molecule has 3 aromatic rings. The van der Waals surface area contributed by atoms with Gasteiger partial charge in [-0.05, 0) is 49.9 Å². The van der Waals surface area contributed by atoms with E-state index in [9.17, 15) is 9.90 Å². The van der Waals surface area contributed by atoms with Crippen LogP contribution >= 0.6 is 0 Å². The summed E-state index contributed by atoms with van der Waals surface area (Å²) >= 11 is 0. The van der Waals surface area contributed by atoms with Gasteiger partial charge in [0.25, 0.3) is 0 Å². The van der Waals surface area contributed by atoms with E-state index >= 15 is 0 Å². The van der Waals surface area contributed by atoms with Crippen molar-refractivity contribution in [1.29, 1.82) is 0 Å². The number of nitrogens with one attached hydrogen (secondary N) is 2. The summed E-state index contributed by atoms with van der Waals surface area (Å²) in [7, 11) is 0. The van der Waals surface area contributed by atoms with E-state index in [2.05, 4.69) is 23.3 Å². The minimum absolute atomic E-state index is 0.0919. The van der Waals surface area contributed by atoms with Gasteiger partial charge in [-0.1, -0.05) is 24.3 Å². The Kier molecular flexibility index (Phi) is 4.76. The van der Waals surface area contributed by atoms with Gasteiger partial charge >= 0.3 is 5.69 Å². The van der Waals surface area contributed by atoms with Crippen molar-refractivity contribution in [2.75, 3.05) is 5.73 Å². The number of nitrogen functional groups attached to an aromatic ring is 1. The van der Waals surface area contributed by atoms with Crippen LogP contribution in [0.1, 0.15) is 37.0 Å². The van der Waals surface area contributed by atoms with Crippen LogP contribution in [0.5, 0.6) is 0 Å². The lowest BCUT2D eigenvalue weighted by Crippen LogP contribution is -2.41. The summed E-state index contributed by atoms with van der Waals surface area (Å²) in [5.74, 6) is 0. The minimum Gasteiger partial charge on any atom is -0.399 e. The largest absolute Gasteiger partial charge is 0.399 e. The topological polar surface area (TPSA) is 96.1 Å². The van der Waals surface area contributed by atoms with Crippen LogP contribution in [0.3, 0.4) is 0 Å². The van der Waals surface area contributed by atoms with E-state index in [0.717, 1.165) is 35.1 Å². The number of anilines is 1. The fraction of sp³-hybridized carbons (Fsp3) is 0.381. The van der Waals surface area contributed by atoms with Crippen molar-refractivity contribution in [2.24, 2.45) is 0 Å². The molecule has 1 aliphatic heterocycles. The fourth-order valence-corrected chi connectivity index (χ4v) is 4.10. The predicted molar refractivity (Wildman–Crippen MR) is 108 cm³/mol. The third-order valence-electron chi connectivity index (χ3n) is 5.50. The Balaban J connectivity index is 1.47. The van der Waals surface area contributed by atoms with E-state index < -0.39 is 6.10 Å². The number of imidazole rings is 1. The van der Waals surface area contributed by atoms with Crippen LogP contribution < -0.4 is 16.7 Å². The molecule has 0 amide bonds. The second-order valence-electron chi connectivity index (χ2n) is 7.52. The van der Waals surface area contributed by atoms with Crippen molar-refractivity contribution < 1.29 is 5.11 Å². The molecule has 0 spiro atoms. The maximum absolute atomic E-state index is 12.2. The molecular formula is C21H26N4O2. The Hall–Kier alpha value is -2.57. The standard InChI is InChI=1S/C21H26N4O2/c1-13(8-9-14-4-2-5-15(22)12-14)23-18-10-11-25-19-16(20(18)26)6-3-7-17(19)24-21(25)27/h2-7,12-13,18,20,23,26H,8-11,22H2,1H3,(H,24,27)/t13-,18-,20-/m1/s1. The number of aromatic amines is 1. The van der Waals surface area contributed by atoms with Gasteiger partial charge in [-0.2, -0.15) is 0 Å². The average molecular weight is 366 g/mol. The van der Waals surface area contributed by atoms with Crippen molar-refractivity contribution in [2.45, 2.75) is 50.9 Å². The summed E-state index contributed by atoms with van der Waals surface area (Å²) in [6, 6.07) is 13.8. The van der Waals surface area contributed by atoms with Gasteiger partial charge in [0.15, 0.2) is 0 Å². The molecule has 142 valence electrons. The first kappa shape index (κ1) is 17.8. The van der Waals surface area contributed by atoms with Gasteiger partial charge in [-0.3, -0.25) is 4.57 Å². The molecule has 1 aromatic heterocycles. The second kappa shape index (κ2) is 7.21. The van der Waals surface area contributed by atoms with Crippen LogP contribution in [-0.4, -0.2) is 26.7 Å². The lowest BCUT2D eigenvalue weighted by molar-refractivity contribution is 0.119. The van der Waals surface area contributed by atoms with Crippen molar-refractivity contribution in [3.8, 4) is 0 Å². The lowest BCUT2D eigenvalue weighted by atomic mass is 9.98. The van der Waals surface area contributed by atoms with Gasteiger partial charge in [0.1, 0.15) is 0 Å². The second-order valence-corrected chi connectivity index (χ2v) is 7.52. The Morgan fingerprint density at radius 1 is 1.33 bits per heavy atom. The van der Waals surface area contributed by atoms with Crippen molar-refractivity contribution in [3.05, 3.63) is 64.1 Å². The van der Waals surface area contributed by atoms with E-state index in [1.54, 1.807) is 4.57 Å². The number of aliphatic hydroxyl groups is 1. The SMILES string of the molecule is C[C@H](CCc1cccc(N)c1)N[C@@H]1CCn2c(=O)[nH]c3cccc(c32)[C@H]1O. The average Bonchev–Trinajstić information content (AvgIpc) is 2.90. The van der Waals surface area contributed by atoms with E-state index in [4.69, 9.17) is 5.73 Å². The summed E-state index contributed by atoms with van der Waals surface area (Å²) in [4.78, 5) is 15.1. The van der Waals surface area contributed by atoms with Crippen LogP contribution in [0.15, 0.2) is 47.3 Å². The van der Waals surface area contributed by atoms with Gasteiger partial charge < -0.3 is 21.1 Å². The Morgan fingerprint density at radius 2 is 2.15 bits per heavy atom. The maximum Gasteiger partial charge on any atom is 0.326 e. The van der Waals surface area contributed by atoms with Crippen LogP contribution in [-0.2, 0) is 13.0 Å². The molecule has 5 N–H and O–H groups in total. The van der Waals surface area contributed by atoms with Gasteiger partial charge in [0.05, 0.1) is 17.1 Å². The molecule has 0 unspecified atom stereocenters. The molecule has 4 rings (SSSR count). The van der Waals surface area contributed by atoms with Crippen molar-refractivity contribution in [1.82, 2.24) is 14.9 Å². The summed E-state index contributed by atoms with van der Waals surface area (Å²) in [5, 5.41) is 14.6. The maximum atomic E-state index is 12.2. The number of hydrogen-bond acceptors (Lipinski definition) is 4. The van der Waals surface area contributed by atoms with Crippen LogP contribution in [0.4, 0.5) is 5.69 Å². The summed E-state index contributed by atoms with van der Waals surface area (Å²) in [6.45, 7) is 2.73. The number of rotatable bonds is 5. The highest BCUT2D eigenvalue weighted by atomic mass is 16.3. The molecule has 27 heavy (non-hydrogen) atoms. The smallest absolute Gasteiger partial charge is 0.326 e. The normalized spacial score (nSPS) is 20.5. The molecule has 6 heteroatoms. The zero-order chi connectivity index (χ0) is 19.0. The highest BCUT2D eigenvalue weighted by Gasteiger charge is 2.29. The number of hydrogen-bond donors (Lipinski definition) is 4. The van der Waals surface area contributed by atoms with Crippen LogP contribution in [0.2, 0.25) is 0 Å². The number of aromatic nitrogens is 2. The Bertz CT molecular complexity index is 1010. The number of nitrogens with zero attached hydrogens (tertiary/aromatic N) is 1. The van der Waals surface area contributed by atoms with E-state index in [0.29, 0.717) is 13.0 Å². The number of nitrogens with two attached hydrogens (primary N) is 1. The summed E-state index contributed by atoms with van der Waals surface area (Å²) in [5.41, 5.74) is 10.2. The summed E-state index contributed by atoms with van der Waals surface area (Å²) in [6.07, 6.45) is 1.93. The number of H-pyrrole nitrogens is 1. The number of aryl methyl sites for hydroxylation is 2. The molecule has 3 atom stereocenters. The molecule has 1 aliphatic rings. The Labute approximate surface area is 158 Å². The number of para-hydroxylation sites is 1. The molecule has 2 heterocycles. The van der Waals surface area contributed by atoms with Gasteiger partial charge in [-0.15, -0.1) is 0 Å². The number of aliphatic hydroxyl groups excluding tert-OH is 1. The molecule has 0 aliphatic carbocycles. The van der Waals surface area contributed by atoms with E-state index in [1.807, 2.05) is 36.4 Å². The lowest BCUT2D eigenvalue weighted by Gasteiger charge is -2.26. The third-order valence-corrected chi connectivity index (χ3v) is 5.50. The zero-order valence-corrected chi connectivity index (χ0v) is 15.5. The molecule has 2 aromatic carbocycles. The zero-order valence-electron chi connectivity index (χ0n) is 15.5. The highest BCUT2D eigenvalue weighted by Crippen LogP contribution is 2.30. The quantitative estimate of drug-likeness (QED) is 0.521. The van der Waals surface area contributed by atoms with Gasteiger partial charge in [0, 0.05) is 29.9 Å². The molecule has 0 saturated heterocycles. The van der Waals surface area contributed by atoms with Gasteiger partial charge in [0.2, 0.25) is 0 Å². The highest BCUT2D eigenvalue weighted by molar-refractivity contribution is 5.79. The minimum atomic E-state index is -0.646. The van der Waals surface area contributed by atoms with Gasteiger partial charge in [-0.25, -0.2) is 4.79 Å². The molecule has 0 bridgehead atoms. The van der Waals surface area contributed by atoms with Crippen LogP contribution in [0, 0.1) is 0 Å². The molecule has 0 saturated carbocycles. The van der Waals surface area contributed by atoms with E-state index in [1.165, 1.54) is 5.56 Å². The molecule has 0 radical (unpaired) electrons. The van der Waals surface area contributed by atoms with Crippen molar-refractivity contribution >= 4 is 16.7 Å². The van der Waals surface area contributed by atoms with E-state index in [-0.39, 0.29) is 17.8 Å². The third kappa shape index (κ3) is 3.50. The molecule has 0 fully saturated rings. The van der Waals surface area contributed by atoms with Crippen molar-refractivity contribution in [3.63, 3.8) is 0 Å². The Morgan fingerprint density at radius 3 is 2.96 bits per heavy atom. The molecule has 6 nitrogen and oxygen atoms in total. The molecular weight excluding hydrogens is 340 g/mol. The number of benzene rings is 2. The summed E-state index contributed by atoms with van der Waals surface area (Å²) < 4.78 is 1.74. The first-order valence-corrected chi connectivity index (χ1v) is 9.53. The predicted octanol–water partition coefficient (Wildman–Crippen LogP) is 2.33. The van der Waals surface area contributed by atoms with Crippen LogP contribution in [0.25, 0.3) is 11.0 Å². The first-order chi connectivity index (χ1) is 13.0. The first-order valence-electron chi connectivity index (χ1n) is 9.53.